The molecule has 1 aliphatic heterocycles. The molecular weight excluding hydrogens is 399 g/mol. The lowest BCUT2D eigenvalue weighted by Crippen LogP contribution is -2.39. The van der Waals surface area contributed by atoms with Gasteiger partial charge in [-0.2, -0.15) is 5.10 Å². The Bertz CT molecular complexity index is 1120. The van der Waals surface area contributed by atoms with E-state index in [0.29, 0.717) is 36.5 Å². The SMILES string of the molecule is CC(=O)c1cccc(NC(=O)N2CCc3c(c(COc4ccc(F)cc4)nn3C)C2)c1. The van der Waals surface area contributed by atoms with E-state index in [1.54, 1.807) is 41.3 Å². The third kappa shape index (κ3) is 4.58. The first kappa shape index (κ1) is 20.6. The minimum Gasteiger partial charge on any atom is -0.487 e. The van der Waals surface area contributed by atoms with Gasteiger partial charge >= 0.3 is 6.03 Å². The predicted octanol–water partition coefficient (Wildman–Crippen LogP) is 3.93. The van der Waals surface area contributed by atoms with Crippen molar-refractivity contribution in [1.29, 1.82) is 0 Å². The molecule has 1 aliphatic rings. The molecule has 1 aromatic heterocycles. The zero-order valence-corrected chi connectivity index (χ0v) is 17.4. The lowest BCUT2D eigenvalue weighted by Gasteiger charge is -2.28. The highest BCUT2D eigenvalue weighted by Crippen LogP contribution is 2.24. The summed E-state index contributed by atoms with van der Waals surface area (Å²) in [6.45, 7) is 2.68. The van der Waals surface area contributed by atoms with Crippen molar-refractivity contribution in [1.82, 2.24) is 14.7 Å². The summed E-state index contributed by atoms with van der Waals surface area (Å²) in [4.78, 5) is 26.1. The van der Waals surface area contributed by atoms with Crippen LogP contribution in [-0.2, 0) is 26.6 Å². The highest BCUT2D eigenvalue weighted by molar-refractivity contribution is 5.96. The number of amides is 2. The Balaban J connectivity index is 1.46. The molecule has 2 heterocycles. The second-order valence-electron chi connectivity index (χ2n) is 7.48. The Hall–Kier alpha value is -3.68. The number of rotatable bonds is 5. The van der Waals surface area contributed by atoms with Gasteiger partial charge in [0.05, 0.1) is 6.54 Å². The standard InChI is InChI=1S/C23H23FN4O3/c1-15(29)16-4-3-5-18(12-16)25-23(30)28-11-10-22-20(13-28)21(26-27(22)2)14-31-19-8-6-17(24)7-9-19/h3-9,12H,10-11,13-14H2,1-2H3,(H,25,30). The molecule has 0 saturated carbocycles. The molecule has 7 nitrogen and oxygen atoms in total. The highest BCUT2D eigenvalue weighted by Gasteiger charge is 2.27. The fourth-order valence-electron chi connectivity index (χ4n) is 3.66. The molecule has 31 heavy (non-hydrogen) atoms. The summed E-state index contributed by atoms with van der Waals surface area (Å²) in [6.07, 6.45) is 0.677. The van der Waals surface area contributed by atoms with E-state index in [9.17, 15) is 14.0 Å². The molecule has 4 rings (SSSR count). The highest BCUT2D eigenvalue weighted by atomic mass is 19.1. The van der Waals surface area contributed by atoms with Crippen LogP contribution in [0.4, 0.5) is 14.9 Å². The molecule has 0 radical (unpaired) electrons. The van der Waals surface area contributed by atoms with Gasteiger partial charge in [0.2, 0.25) is 0 Å². The summed E-state index contributed by atoms with van der Waals surface area (Å²) in [7, 11) is 1.88. The largest absolute Gasteiger partial charge is 0.487 e. The first-order chi connectivity index (χ1) is 14.9. The number of fused-ring (bicyclic) bond motifs is 1. The number of nitrogens with zero attached hydrogens (tertiary/aromatic N) is 3. The lowest BCUT2D eigenvalue weighted by atomic mass is 10.1. The predicted molar refractivity (Wildman–Crippen MR) is 114 cm³/mol. The van der Waals surface area contributed by atoms with Gasteiger partial charge < -0.3 is 15.0 Å². The maximum atomic E-state index is 13.1. The van der Waals surface area contributed by atoms with Crippen LogP contribution in [0.2, 0.25) is 0 Å². The van der Waals surface area contributed by atoms with Gasteiger partial charge in [0.25, 0.3) is 0 Å². The molecule has 0 atom stereocenters. The van der Waals surface area contributed by atoms with Crippen molar-refractivity contribution in [2.45, 2.75) is 26.5 Å². The molecular formula is C23H23FN4O3. The normalized spacial score (nSPS) is 12.9. The molecule has 0 saturated heterocycles. The van der Waals surface area contributed by atoms with Gasteiger partial charge in [-0.1, -0.05) is 12.1 Å². The summed E-state index contributed by atoms with van der Waals surface area (Å²) in [5, 5.41) is 7.42. The third-order valence-electron chi connectivity index (χ3n) is 5.32. The van der Waals surface area contributed by atoms with E-state index in [2.05, 4.69) is 10.4 Å². The van der Waals surface area contributed by atoms with Gasteiger partial charge in [-0.25, -0.2) is 9.18 Å². The maximum absolute atomic E-state index is 13.1. The van der Waals surface area contributed by atoms with Gasteiger partial charge in [-0.05, 0) is 43.3 Å². The average molecular weight is 422 g/mol. The zero-order valence-electron chi connectivity index (χ0n) is 17.4. The van der Waals surface area contributed by atoms with Crippen LogP contribution in [0.5, 0.6) is 5.75 Å². The zero-order chi connectivity index (χ0) is 22.0. The van der Waals surface area contributed by atoms with Crippen molar-refractivity contribution in [3.05, 3.63) is 76.9 Å². The van der Waals surface area contributed by atoms with Crippen LogP contribution >= 0.6 is 0 Å². The molecule has 3 aromatic rings. The Labute approximate surface area is 179 Å². The molecule has 160 valence electrons. The maximum Gasteiger partial charge on any atom is 0.322 e. The first-order valence-corrected chi connectivity index (χ1v) is 9.99. The molecule has 2 amide bonds. The second-order valence-corrected chi connectivity index (χ2v) is 7.48. The lowest BCUT2D eigenvalue weighted by molar-refractivity contribution is 0.101. The fraction of sp³-hybridized carbons (Fsp3) is 0.261. The molecule has 2 aromatic carbocycles. The van der Waals surface area contributed by atoms with Gasteiger partial charge in [-0.3, -0.25) is 9.48 Å². The van der Waals surface area contributed by atoms with Crippen molar-refractivity contribution in [2.75, 3.05) is 11.9 Å². The number of urea groups is 1. The second kappa shape index (κ2) is 8.59. The molecule has 0 unspecified atom stereocenters. The van der Waals surface area contributed by atoms with E-state index >= 15 is 0 Å². The van der Waals surface area contributed by atoms with E-state index in [-0.39, 0.29) is 24.2 Å². The topological polar surface area (TPSA) is 76.5 Å². The van der Waals surface area contributed by atoms with Crippen LogP contribution in [-0.4, -0.2) is 33.0 Å². The Morgan fingerprint density at radius 1 is 1.19 bits per heavy atom. The number of carbonyl (C=O) groups is 2. The summed E-state index contributed by atoms with van der Waals surface area (Å²) in [6, 6.07) is 12.5. The van der Waals surface area contributed by atoms with Crippen molar-refractivity contribution < 1.29 is 18.7 Å². The Kier molecular flexibility index (Phi) is 5.70. The van der Waals surface area contributed by atoms with E-state index in [4.69, 9.17) is 4.74 Å². The minimum atomic E-state index is -0.321. The van der Waals surface area contributed by atoms with Crippen LogP contribution in [0.1, 0.15) is 34.2 Å². The number of nitrogens with one attached hydrogen (secondary N) is 1. The van der Waals surface area contributed by atoms with Crippen LogP contribution < -0.4 is 10.1 Å². The number of aryl methyl sites for hydroxylation is 1. The number of hydrogen-bond donors (Lipinski definition) is 1. The number of aromatic nitrogens is 2. The van der Waals surface area contributed by atoms with Gasteiger partial charge in [0.1, 0.15) is 23.9 Å². The Morgan fingerprint density at radius 2 is 1.97 bits per heavy atom. The van der Waals surface area contributed by atoms with E-state index in [1.807, 2.05) is 11.7 Å². The van der Waals surface area contributed by atoms with Crippen LogP contribution in [0.25, 0.3) is 0 Å². The Morgan fingerprint density at radius 3 is 2.71 bits per heavy atom. The first-order valence-electron chi connectivity index (χ1n) is 9.99. The number of halogens is 1. The van der Waals surface area contributed by atoms with Gasteiger partial charge in [-0.15, -0.1) is 0 Å². The van der Waals surface area contributed by atoms with Crippen molar-refractivity contribution in [2.24, 2.45) is 7.05 Å². The molecule has 0 bridgehead atoms. The summed E-state index contributed by atoms with van der Waals surface area (Å²) in [5.74, 6) is 0.175. The molecule has 0 aliphatic carbocycles. The van der Waals surface area contributed by atoms with Crippen LogP contribution in [0, 0.1) is 5.82 Å². The number of anilines is 1. The molecule has 0 spiro atoms. The smallest absolute Gasteiger partial charge is 0.322 e. The number of benzene rings is 2. The monoisotopic (exact) mass is 422 g/mol. The molecule has 0 fully saturated rings. The van der Waals surface area contributed by atoms with Gasteiger partial charge in [0.15, 0.2) is 5.78 Å². The molecule has 1 N–H and O–H groups in total. The third-order valence-corrected chi connectivity index (χ3v) is 5.32. The van der Waals surface area contributed by atoms with Crippen molar-refractivity contribution >= 4 is 17.5 Å². The van der Waals surface area contributed by atoms with Crippen molar-refractivity contribution in [3.8, 4) is 5.75 Å². The minimum absolute atomic E-state index is 0.0557. The summed E-state index contributed by atoms with van der Waals surface area (Å²) >= 11 is 0. The van der Waals surface area contributed by atoms with E-state index in [0.717, 1.165) is 17.0 Å². The average Bonchev–Trinajstić information content (AvgIpc) is 3.08. The summed E-state index contributed by atoms with van der Waals surface area (Å²) < 4.78 is 20.7. The quantitative estimate of drug-likeness (QED) is 0.632. The number of Topliss-reactive ketones (excluding diaryl/α,β-unsaturated/α-hetero) is 1. The number of carbonyl (C=O) groups excluding carboxylic acids is 2. The van der Waals surface area contributed by atoms with Crippen LogP contribution in [0.15, 0.2) is 48.5 Å². The van der Waals surface area contributed by atoms with Crippen LogP contribution in [0.3, 0.4) is 0 Å². The number of hydrogen-bond acceptors (Lipinski definition) is 4. The van der Waals surface area contributed by atoms with E-state index in [1.165, 1.54) is 19.1 Å². The molecule has 8 heteroatoms. The fourth-order valence-corrected chi connectivity index (χ4v) is 3.66. The van der Waals surface area contributed by atoms with E-state index < -0.39 is 0 Å². The van der Waals surface area contributed by atoms with Gasteiger partial charge in [0, 0.05) is 42.5 Å². The number of ketones is 1. The number of ether oxygens (including phenoxy) is 1. The van der Waals surface area contributed by atoms with Crippen molar-refractivity contribution in [3.63, 3.8) is 0 Å². The summed E-state index contributed by atoms with van der Waals surface area (Å²) in [5.41, 5.74) is 3.91.